The zero-order chi connectivity index (χ0) is 17.9. The van der Waals surface area contributed by atoms with E-state index in [0.29, 0.717) is 55.8 Å². The molecule has 25 heavy (non-hydrogen) atoms. The van der Waals surface area contributed by atoms with Crippen molar-refractivity contribution in [3.63, 3.8) is 0 Å². The monoisotopic (exact) mass is 368 g/mol. The Kier molecular flexibility index (Phi) is 5.25. The van der Waals surface area contributed by atoms with Gasteiger partial charge in [0.2, 0.25) is 17.6 Å². The van der Waals surface area contributed by atoms with Gasteiger partial charge in [-0.05, 0) is 19.8 Å². The topological polar surface area (TPSA) is 123 Å². The Balaban J connectivity index is 1.66. The summed E-state index contributed by atoms with van der Waals surface area (Å²) in [6, 6.07) is 0. The molecule has 136 valence electrons. The third kappa shape index (κ3) is 3.94. The van der Waals surface area contributed by atoms with Gasteiger partial charge in [-0.1, -0.05) is 5.16 Å². The number of ether oxygens (including phenoxy) is 1. The Bertz CT molecular complexity index is 799. The highest BCUT2D eigenvalue weighted by atomic mass is 32.2. The fourth-order valence-corrected chi connectivity index (χ4v) is 3.58. The maximum Gasteiger partial charge on any atom is 0.279 e. The van der Waals surface area contributed by atoms with E-state index in [-0.39, 0.29) is 5.92 Å². The number of nitrogens with one attached hydrogen (secondary N) is 1. The van der Waals surface area contributed by atoms with Crippen molar-refractivity contribution in [1.82, 2.24) is 29.1 Å². The maximum atomic E-state index is 11.8. The van der Waals surface area contributed by atoms with Crippen LogP contribution < -0.4 is 9.46 Å². The molecule has 0 aliphatic carbocycles. The van der Waals surface area contributed by atoms with Crippen molar-refractivity contribution in [2.45, 2.75) is 25.7 Å². The molecule has 2 aromatic heterocycles. The van der Waals surface area contributed by atoms with Crippen LogP contribution in [-0.4, -0.2) is 59.6 Å². The van der Waals surface area contributed by atoms with Gasteiger partial charge < -0.3 is 9.26 Å². The number of aromatic nitrogens is 4. The minimum atomic E-state index is -3.39. The second-order valence-electron chi connectivity index (χ2n) is 5.51. The molecule has 0 aromatic carbocycles. The fourth-order valence-electron chi connectivity index (χ4n) is 2.63. The van der Waals surface area contributed by atoms with Crippen molar-refractivity contribution in [1.29, 1.82) is 0 Å². The second-order valence-corrected chi connectivity index (χ2v) is 7.39. The van der Waals surface area contributed by atoms with Crippen LogP contribution in [0.1, 0.15) is 31.6 Å². The van der Waals surface area contributed by atoms with E-state index in [2.05, 4.69) is 24.8 Å². The summed E-state index contributed by atoms with van der Waals surface area (Å²) in [5.74, 6) is 1.32. The fraction of sp³-hybridized carbons (Fsp3) is 0.571. The molecule has 1 aliphatic heterocycles. The standard InChI is InChI=1S/C14H20N6O4S/c1-3-23-12-9-16-11(8-17-12)13-18-14(24-19-13)10-4-6-20(7-5-10)25(21,22)15-2/h8-10,15H,3-7H2,1-2H3. The molecule has 0 unspecified atom stereocenters. The molecule has 1 saturated heterocycles. The van der Waals surface area contributed by atoms with Gasteiger partial charge in [0.15, 0.2) is 0 Å². The Hall–Kier alpha value is -2.11. The molecule has 0 amide bonds. The van der Waals surface area contributed by atoms with Crippen LogP contribution in [0, 0.1) is 0 Å². The lowest BCUT2D eigenvalue weighted by Crippen LogP contribution is -2.43. The van der Waals surface area contributed by atoms with Gasteiger partial charge in [0.25, 0.3) is 10.2 Å². The largest absolute Gasteiger partial charge is 0.477 e. The Morgan fingerprint density at radius 2 is 2.08 bits per heavy atom. The van der Waals surface area contributed by atoms with Crippen LogP contribution in [-0.2, 0) is 10.2 Å². The molecular formula is C14H20N6O4S. The average Bonchev–Trinajstić information content (AvgIpc) is 3.13. The molecule has 0 spiro atoms. The normalized spacial score (nSPS) is 16.9. The average molecular weight is 368 g/mol. The van der Waals surface area contributed by atoms with Gasteiger partial charge >= 0.3 is 0 Å². The van der Waals surface area contributed by atoms with Crippen LogP contribution in [0.2, 0.25) is 0 Å². The van der Waals surface area contributed by atoms with Crippen molar-refractivity contribution >= 4 is 10.2 Å². The SMILES string of the molecule is CCOc1cnc(-c2noc(C3CCN(S(=O)(=O)NC)CC3)n2)cn1. The van der Waals surface area contributed by atoms with Gasteiger partial charge in [-0.25, -0.2) is 14.7 Å². The summed E-state index contributed by atoms with van der Waals surface area (Å²) in [5.41, 5.74) is 0.494. The van der Waals surface area contributed by atoms with Gasteiger partial charge in [0, 0.05) is 26.1 Å². The number of hydrogen-bond donors (Lipinski definition) is 1. The number of hydrogen-bond acceptors (Lipinski definition) is 8. The molecule has 1 aliphatic rings. The Morgan fingerprint density at radius 3 is 2.68 bits per heavy atom. The Labute approximate surface area is 145 Å². The van der Waals surface area contributed by atoms with Gasteiger partial charge in [-0.2, -0.15) is 17.7 Å². The predicted octanol–water partition coefficient (Wildman–Crippen LogP) is 0.569. The zero-order valence-corrected chi connectivity index (χ0v) is 14.9. The van der Waals surface area contributed by atoms with Gasteiger partial charge in [0.1, 0.15) is 5.69 Å². The summed E-state index contributed by atoms with van der Waals surface area (Å²) in [4.78, 5) is 12.7. The number of rotatable bonds is 6. The highest BCUT2D eigenvalue weighted by Gasteiger charge is 2.30. The quantitative estimate of drug-likeness (QED) is 0.785. The van der Waals surface area contributed by atoms with Gasteiger partial charge in [-0.15, -0.1) is 0 Å². The van der Waals surface area contributed by atoms with Crippen molar-refractivity contribution in [2.24, 2.45) is 0 Å². The van der Waals surface area contributed by atoms with Crippen molar-refractivity contribution in [2.75, 3.05) is 26.7 Å². The summed E-state index contributed by atoms with van der Waals surface area (Å²) in [5, 5.41) is 3.95. The van der Waals surface area contributed by atoms with Crippen LogP contribution in [0.4, 0.5) is 0 Å². The van der Waals surface area contributed by atoms with Gasteiger partial charge in [-0.3, -0.25) is 0 Å². The molecule has 11 heteroatoms. The van der Waals surface area contributed by atoms with E-state index < -0.39 is 10.2 Å². The Morgan fingerprint density at radius 1 is 1.32 bits per heavy atom. The predicted molar refractivity (Wildman–Crippen MR) is 88.0 cm³/mol. The first kappa shape index (κ1) is 17.7. The van der Waals surface area contributed by atoms with E-state index in [1.807, 2.05) is 6.92 Å². The molecule has 10 nitrogen and oxygen atoms in total. The lowest BCUT2D eigenvalue weighted by atomic mass is 9.98. The van der Waals surface area contributed by atoms with E-state index in [1.165, 1.54) is 23.7 Å². The first-order valence-corrected chi connectivity index (χ1v) is 9.45. The van der Waals surface area contributed by atoms with E-state index in [4.69, 9.17) is 9.26 Å². The zero-order valence-electron chi connectivity index (χ0n) is 14.0. The maximum absolute atomic E-state index is 11.8. The molecule has 3 rings (SSSR count). The molecular weight excluding hydrogens is 348 g/mol. The second kappa shape index (κ2) is 7.42. The highest BCUT2D eigenvalue weighted by molar-refractivity contribution is 7.87. The lowest BCUT2D eigenvalue weighted by Gasteiger charge is -2.28. The summed E-state index contributed by atoms with van der Waals surface area (Å²) in [6.07, 6.45) is 4.28. The van der Waals surface area contributed by atoms with Crippen molar-refractivity contribution in [3.05, 3.63) is 18.3 Å². The molecule has 0 saturated carbocycles. The van der Waals surface area contributed by atoms with E-state index in [9.17, 15) is 8.42 Å². The lowest BCUT2D eigenvalue weighted by molar-refractivity contribution is 0.269. The van der Waals surface area contributed by atoms with E-state index in [0.717, 1.165) is 0 Å². The van der Waals surface area contributed by atoms with Crippen LogP contribution in [0.25, 0.3) is 11.5 Å². The summed E-state index contributed by atoms with van der Waals surface area (Å²) >= 11 is 0. The minimum absolute atomic E-state index is 0.0280. The molecule has 0 atom stereocenters. The third-order valence-electron chi connectivity index (χ3n) is 3.99. The molecule has 0 radical (unpaired) electrons. The summed E-state index contributed by atoms with van der Waals surface area (Å²) in [7, 11) is -1.98. The van der Waals surface area contributed by atoms with E-state index in [1.54, 1.807) is 0 Å². The first-order valence-electron chi connectivity index (χ1n) is 8.01. The van der Waals surface area contributed by atoms with Gasteiger partial charge in [0.05, 0.1) is 19.0 Å². The molecule has 0 bridgehead atoms. The van der Waals surface area contributed by atoms with Crippen LogP contribution in [0.5, 0.6) is 5.88 Å². The molecule has 1 N–H and O–H groups in total. The molecule has 1 fully saturated rings. The van der Waals surface area contributed by atoms with E-state index >= 15 is 0 Å². The summed E-state index contributed by atoms with van der Waals surface area (Å²) < 4.78 is 37.9. The highest BCUT2D eigenvalue weighted by Crippen LogP contribution is 2.28. The molecule has 3 heterocycles. The van der Waals surface area contributed by atoms with Crippen LogP contribution >= 0.6 is 0 Å². The first-order chi connectivity index (χ1) is 12.0. The molecule has 2 aromatic rings. The number of nitrogens with zero attached hydrogens (tertiary/aromatic N) is 5. The third-order valence-corrected chi connectivity index (χ3v) is 5.55. The van der Waals surface area contributed by atoms with Crippen LogP contribution in [0.15, 0.2) is 16.9 Å². The smallest absolute Gasteiger partial charge is 0.279 e. The van der Waals surface area contributed by atoms with Crippen molar-refractivity contribution < 1.29 is 17.7 Å². The van der Waals surface area contributed by atoms with Crippen molar-refractivity contribution in [3.8, 4) is 17.4 Å². The van der Waals surface area contributed by atoms with Crippen LogP contribution in [0.3, 0.4) is 0 Å². The minimum Gasteiger partial charge on any atom is -0.477 e. The number of piperidine rings is 1. The summed E-state index contributed by atoms with van der Waals surface area (Å²) in [6.45, 7) is 3.21.